The Morgan fingerprint density at radius 1 is 0.452 bits per heavy atom. The van der Waals surface area contributed by atoms with Crippen LogP contribution in [0, 0.1) is 0 Å². The molecule has 0 saturated carbocycles. The number of para-hydroxylation sites is 1. The monoisotopic (exact) mass is 551 g/mol. The Labute approximate surface area is 248 Å². The van der Waals surface area contributed by atoms with Crippen LogP contribution in [0.2, 0.25) is 0 Å². The average Bonchev–Trinajstić information content (AvgIpc) is 3.58. The van der Waals surface area contributed by atoms with Crippen molar-refractivity contribution in [1.29, 1.82) is 0 Å². The lowest BCUT2D eigenvalue weighted by atomic mass is 9.67. The van der Waals surface area contributed by atoms with Crippen LogP contribution in [0.15, 0.2) is 152 Å². The number of nitrogens with zero attached hydrogens (tertiary/aromatic N) is 1. The van der Waals surface area contributed by atoms with Gasteiger partial charge in [-0.15, -0.1) is 11.3 Å². The number of aromatic nitrogens is 1. The molecule has 42 heavy (non-hydrogen) atoms. The van der Waals surface area contributed by atoms with Gasteiger partial charge in [0.1, 0.15) is 4.83 Å². The van der Waals surface area contributed by atoms with E-state index in [1.807, 2.05) is 0 Å². The maximum Gasteiger partial charge on any atom is 0.125 e. The Morgan fingerprint density at radius 2 is 1.05 bits per heavy atom. The van der Waals surface area contributed by atoms with Crippen LogP contribution in [0.1, 0.15) is 22.3 Å². The van der Waals surface area contributed by atoms with E-state index in [0.29, 0.717) is 0 Å². The van der Waals surface area contributed by atoms with Gasteiger partial charge in [-0.25, -0.2) is 4.98 Å². The Bertz CT molecular complexity index is 2260. The quantitative estimate of drug-likeness (QED) is 0.213. The van der Waals surface area contributed by atoms with Crippen LogP contribution in [0.3, 0.4) is 0 Å². The summed E-state index contributed by atoms with van der Waals surface area (Å²) in [6.45, 7) is 0. The van der Waals surface area contributed by atoms with Crippen molar-refractivity contribution in [1.82, 2.24) is 4.98 Å². The third-order valence-electron chi connectivity index (χ3n) is 8.97. The summed E-state index contributed by atoms with van der Waals surface area (Å²) < 4.78 is 1.27. The van der Waals surface area contributed by atoms with Gasteiger partial charge in [-0.2, -0.15) is 0 Å². The maximum atomic E-state index is 5.18. The lowest BCUT2D eigenvalue weighted by Gasteiger charge is -2.34. The summed E-state index contributed by atoms with van der Waals surface area (Å²) in [6.07, 6.45) is 0. The Hall–Kier alpha value is -5.05. The van der Waals surface area contributed by atoms with Gasteiger partial charge in [0.2, 0.25) is 0 Å². The van der Waals surface area contributed by atoms with Gasteiger partial charge in [0, 0.05) is 26.4 Å². The fourth-order valence-electron chi connectivity index (χ4n) is 7.36. The molecule has 2 heterocycles. The van der Waals surface area contributed by atoms with E-state index in [0.717, 1.165) is 10.3 Å². The van der Waals surface area contributed by atoms with Crippen molar-refractivity contribution >= 4 is 42.5 Å². The number of hydrogen-bond donors (Lipinski definition) is 0. The number of thiophene rings is 1. The second-order valence-corrected chi connectivity index (χ2v) is 12.1. The highest BCUT2D eigenvalue weighted by Gasteiger charge is 2.46. The predicted octanol–water partition coefficient (Wildman–Crippen LogP) is 10.6. The molecule has 0 saturated heterocycles. The van der Waals surface area contributed by atoms with Gasteiger partial charge >= 0.3 is 0 Å². The molecule has 1 aliphatic carbocycles. The summed E-state index contributed by atoms with van der Waals surface area (Å²) >= 11 is 1.79. The summed E-state index contributed by atoms with van der Waals surface area (Å²) in [5.41, 5.74) is 11.0. The zero-order chi connectivity index (χ0) is 27.7. The van der Waals surface area contributed by atoms with E-state index >= 15 is 0 Å². The number of fused-ring (bicyclic) bond motifs is 7. The predicted molar refractivity (Wildman–Crippen MR) is 177 cm³/mol. The highest BCUT2D eigenvalue weighted by atomic mass is 32.1. The van der Waals surface area contributed by atoms with Crippen molar-refractivity contribution in [3.05, 3.63) is 174 Å². The molecule has 8 aromatic rings. The first-order valence-electron chi connectivity index (χ1n) is 14.4. The van der Waals surface area contributed by atoms with Crippen LogP contribution in [-0.4, -0.2) is 4.98 Å². The van der Waals surface area contributed by atoms with E-state index in [9.17, 15) is 0 Å². The highest BCUT2D eigenvalue weighted by molar-refractivity contribution is 7.25. The van der Waals surface area contributed by atoms with Crippen molar-refractivity contribution in [3.63, 3.8) is 0 Å². The summed E-state index contributed by atoms with van der Waals surface area (Å²) in [7, 11) is 0. The minimum atomic E-state index is -0.427. The summed E-state index contributed by atoms with van der Waals surface area (Å²) in [4.78, 5) is 6.27. The van der Waals surface area contributed by atoms with Crippen molar-refractivity contribution in [2.24, 2.45) is 0 Å². The zero-order valence-corrected chi connectivity index (χ0v) is 23.6. The molecule has 196 valence electrons. The van der Waals surface area contributed by atoms with Crippen LogP contribution >= 0.6 is 11.3 Å². The van der Waals surface area contributed by atoms with Crippen molar-refractivity contribution < 1.29 is 0 Å². The Morgan fingerprint density at radius 3 is 1.83 bits per heavy atom. The molecule has 1 aliphatic rings. The molecule has 2 aromatic heterocycles. The van der Waals surface area contributed by atoms with Gasteiger partial charge in [-0.05, 0) is 51.1 Å². The van der Waals surface area contributed by atoms with E-state index in [-0.39, 0.29) is 0 Å². The second kappa shape index (κ2) is 8.97. The fourth-order valence-corrected chi connectivity index (χ4v) is 8.45. The molecule has 0 radical (unpaired) electrons. The number of rotatable bonds is 3. The average molecular weight is 552 g/mol. The van der Waals surface area contributed by atoms with Crippen LogP contribution in [0.25, 0.3) is 53.5 Å². The standard InChI is InChI=1S/C40H25NS/c1-3-14-26(15-4-1)40(27-16-5-2-6-17-27)32-22-10-7-18-28(32)36-31(21-13-23-33(36)40)37-29-19-8-11-24-34(29)41-39-38(37)30-20-9-12-25-35(30)42-39/h1-25H. The molecule has 0 N–H and O–H groups in total. The minimum absolute atomic E-state index is 0.427. The molecule has 0 amide bonds. The summed E-state index contributed by atoms with van der Waals surface area (Å²) in [6, 6.07) is 55.4. The van der Waals surface area contributed by atoms with Gasteiger partial charge in [0.25, 0.3) is 0 Å². The molecule has 1 nitrogen and oxygen atoms in total. The molecule has 2 heteroatoms. The third kappa shape index (κ3) is 3.10. The topological polar surface area (TPSA) is 12.9 Å². The molecule has 9 rings (SSSR count). The molecule has 0 unspecified atom stereocenters. The van der Waals surface area contributed by atoms with Gasteiger partial charge in [-0.1, -0.05) is 140 Å². The first-order valence-corrected chi connectivity index (χ1v) is 15.2. The molecule has 0 bridgehead atoms. The largest absolute Gasteiger partial charge is 0.237 e. The van der Waals surface area contributed by atoms with Crippen molar-refractivity contribution in [2.75, 3.05) is 0 Å². The molecule has 0 atom stereocenters. The van der Waals surface area contributed by atoms with Crippen molar-refractivity contribution in [2.45, 2.75) is 5.41 Å². The third-order valence-corrected chi connectivity index (χ3v) is 10.0. The number of benzene rings is 6. The van der Waals surface area contributed by atoms with Crippen LogP contribution in [-0.2, 0) is 5.41 Å². The fraction of sp³-hybridized carbons (Fsp3) is 0.0250. The van der Waals surface area contributed by atoms with Crippen LogP contribution < -0.4 is 0 Å². The van der Waals surface area contributed by atoms with Gasteiger partial charge in [0.05, 0.1) is 10.9 Å². The van der Waals surface area contributed by atoms with Gasteiger partial charge < -0.3 is 0 Å². The molecule has 0 spiro atoms. The molecular formula is C40H25NS. The Kier molecular flexibility index (Phi) is 5.05. The molecule has 0 fully saturated rings. The zero-order valence-electron chi connectivity index (χ0n) is 22.8. The van der Waals surface area contributed by atoms with Crippen molar-refractivity contribution in [3.8, 4) is 22.3 Å². The minimum Gasteiger partial charge on any atom is -0.237 e. The van der Waals surface area contributed by atoms with Gasteiger partial charge in [-0.3, -0.25) is 0 Å². The first-order chi connectivity index (χ1) is 20.9. The lowest BCUT2D eigenvalue weighted by molar-refractivity contribution is 0.768. The van der Waals surface area contributed by atoms with Gasteiger partial charge in [0.15, 0.2) is 0 Å². The molecule has 6 aromatic carbocycles. The normalized spacial score (nSPS) is 13.4. The molecule has 0 aliphatic heterocycles. The first kappa shape index (κ1) is 23.6. The summed E-state index contributed by atoms with van der Waals surface area (Å²) in [5, 5.41) is 3.71. The number of pyridine rings is 1. The molecular weight excluding hydrogens is 527 g/mol. The van der Waals surface area contributed by atoms with E-state index in [2.05, 4.69) is 152 Å². The highest BCUT2D eigenvalue weighted by Crippen LogP contribution is 2.59. The van der Waals surface area contributed by atoms with E-state index in [1.54, 1.807) is 11.3 Å². The van der Waals surface area contributed by atoms with E-state index in [4.69, 9.17) is 4.98 Å². The summed E-state index contributed by atoms with van der Waals surface area (Å²) in [5.74, 6) is 0. The second-order valence-electron chi connectivity index (χ2n) is 11.0. The lowest BCUT2D eigenvalue weighted by Crippen LogP contribution is -2.28. The van der Waals surface area contributed by atoms with E-state index < -0.39 is 5.41 Å². The maximum absolute atomic E-state index is 5.18. The SMILES string of the molecule is c1ccc(C2(c3ccccc3)c3ccccc3-c3c(-c4c5ccccc5nc5sc6ccccc6c45)cccc32)cc1. The Balaban J connectivity index is 1.49. The van der Waals surface area contributed by atoms with Crippen LogP contribution in [0.5, 0.6) is 0 Å². The van der Waals surface area contributed by atoms with Crippen LogP contribution in [0.4, 0.5) is 0 Å². The number of hydrogen-bond acceptors (Lipinski definition) is 2. The van der Waals surface area contributed by atoms with E-state index in [1.165, 1.54) is 65.4 Å². The smallest absolute Gasteiger partial charge is 0.125 e.